The summed E-state index contributed by atoms with van der Waals surface area (Å²) in [5, 5.41) is 3.54. The number of hydrogen-bond donors (Lipinski definition) is 1. The van der Waals surface area contributed by atoms with Crippen LogP contribution in [0.1, 0.15) is 17.2 Å². The largest absolute Gasteiger partial charge is 0.378 e. The lowest BCUT2D eigenvalue weighted by Crippen LogP contribution is -2.36. The maximum Gasteiger partial charge on any atom is 0.239 e. The average Bonchev–Trinajstić information content (AvgIpc) is 3.20. The van der Waals surface area contributed by atoms with E-state index < -0.39 is 11.7 Å². The number of hydrogen-bond acceptors (Lipinski definition) is 7. The molecule has 2 aromatic carbocycles. The van der Waals surface area contributed by atoms with E-state index >= 15 is 4.39 Å². The zero-order valence-corrected chi connectivity index (χ0v) is 18.6. The number of fused-ring (bicyclic) bond motifs is 2. The van der Waals surface area contributed by atoms with Crippen LogP contribution in [-0.2, 0) is 9.53 Å². The van der Waals surface area contributed by atoms with Crippen molar-refractivity contribution in [1.29, 1.82) is 0 Å². The van der Waals surface area contributed by atoms with E-state index in [4.69, 9.17) is 16.3 Å². The summed E-state index contributed by atoms with van der Waals surface area (Å²) in [6.45, 7) is 2.95. The number of carbonyl (C=O) groups excluding carboxylic acids is 1. The summed E-state index contributed by atoms with van der Waals surface area (Å²) in [6, 6.07) is 8.63. The van der Waals surface area contributed by atoms with E-state index in [1.165, 1.54) is 24.8 Å². The highest BCUT2D eigenvalue weighted by Gasteiger charge is 2.36. The van der Waals surface area contributed by atoms with Gasteiger partial charge in [0.05, 0.1) is 30.1 Å². The van der Waals surface area contributed by atoms with Crippen molar-refractivity contribution in [3.8, 4) is 11.3 Å². The Kier molecular flexibility index (Phi) is 5.08. The molecule has 6 rings (SSSR count). The topological polar surface area (TPSA) is 93.1 Å². The SMILES string of the molecule is O=C1Nc2nccnc2C1c1cc(-c2ncnc3cc(N4CCOCC4)ccc23)c(F)cc1Cl. The van der Waals surface area contributed by atoms with Crippen molar-refractivity contribution in [2.75, 3.05) is 36.5 Å². The summed E-state index contributed by atoms with van der Waals surface area (Å²) in [5.74, 6) is -1.27. The summed E-state index contributed by atoms with van der Waals surface area (Å²) < 4.78 is 20.6. The van der Waals surface area contributed by atoms with E-state index in [0.717, 1.165) is 18.8 Å². The number of anilines is 2. The molecule has 1 atom stereocenters. The monoisotopic (exact) mass is 476 g/mol. The van der Waals surface area contributed by atoms with Gasteiger partial charge in [-0.05, 0) is 35.9 Å². The molecule has 170 valence electrons. The second-order valence-corrected chi connectivity index (χ2v) is 8.50. The van der Waals surface area contributed by atoms with Crippen LogP contribution in [-0.4, -0.2) is 52.1 Å². The predicted molar refractivity (Wildman–Crippen MR) is 125 cm³/mol. The van der Waals surface area contributed by atoms with E-state index in [-0.39, 0.29) is 16.5 Å². The fourth-order valence-corrected chi connectivity index (χ4v) is 4.76. The molecule has 0 aliphatic carbocycles. The van der Waals surface area contributed by atoms with Gasteiger partial charge in [-0.15, -0.1) is 0 Å². The summed E-state index contributed by atoms with van der Waals surface area (Å²) in [7, 11) is 0. The van der Waals surface area contributed by atoms with Crippen molar-refractivity contribution >= 4 is 39.9 Å². The van der Waals surface area contributed by atoms with Gasteiger partial charge in [0.15, 0.2) is 5.82 Å². The van der Waals surface area contributed by atoms with Crippen molar-refractivity contribution in [3.05, 3.63) is 71.2 Å². The minimum Gasteiger partial charge on any atom is -0.378 e. The summed E-state index contributed by atoms with van der Waals surface area (Å²) in [4.78, 5) is 32.2. The third kappa shape index (κ3) is 3.44. The van der Waals surface area contributed by atoms with Crippen LogP contribution >= 0.6 is 11.6 Å². The Labute approximate surface area is 198 Å². The van der Waals surface area contributed by atoms with Crippen molar-refractivity contribution < 1.29 is 13.9 Å². The van der Waals surface area contributed by atoms with E-state index in [9.17, 15) is 4.79 Å². The molecular weight excluding hydrogens is 459 g/mol. The van der Waals surface area contributed by atoms with Gasteiger partial charge < -0.3 is 15.0 Å². The van der Waals surface area contributed by atoms with Gasteiger partial charge in [-0.1, -0.05) is 11.6 Å². The minimum atomic E-state index is -0.795. The van der Waals surface area contributed by atoms with Gasteiger partial charge in [0.25, 0.3) is 0 Å². The lowest BCUT2D eigenvalue weighted by molar-refractivity contribution is -0.116. The van der Waals surface area contributed by atoms with Crippen molar-refractivity contribution in [2.24, 2.45) is 0 Å². The van der Waals surface area contributed by atoms with E-state index in [1.807, 2.05) is 18.2 Å². The minimum absolute atomic E-state index is 0.132. The number of carbonyl (C=O) groups is 1. The highest BCUT2D eigenvalue weighted by atomic mass is 35.5. The number of nitrogens with zero attached hydrogens (tertiary/aromatic N) is 5. The Morgan fingerprint density at radius 3 is 2.74 bits per heavy atom. The van der Waals surface area contributed by atoms with Gasteiger partial charge >= 0.3 is 0 Å². The molecule has 1 N–H and O–H groups in total. The first-order valence-electron chi connectivity index (χ1n) is 10.8. The molecule has 10 heteroatoms. The normalized spacial score (nSPS) is 17.6. The van der Waals surface area contributed by atoms with Gasteiger partial charge in [-0.2, -0.15) is 0 Å². The third-order valence-electron chi connectivity index (χ3n) is 6.15. The molecule has 0 spiro atoms. The number of nitrogens with one attached hydrogen (secondary N) is 1. The zero-order valence-electron chi connectivity index (χ0n) is 17.8. The number of halogens is 2. The Bertz CT molecular complexity index is 1440. The molecule has 1 amide bonds. The first-order chi connectivity index (χ1) is 16.6. The van der Waals surface area contributed by atoms with Crippen LogP contribution in [0.25, 0.3) is 22.2 Å². The molecule has 4 heterocycles. The van der Waals surface area contributed by atoms with Gasteiger partial charge in [0, 0.05) is 47.1 Å². The zero-order chi connectivity index (χ0) is 23.2. The Hall–Kier alpha value is -3.69. The van der Waals surface area contributed by atoms with Crippen LogP contribution in [0.2, 0.25) is 5.02 Å². The van der Waals surface area contributed by atoms with Crippen LogP contribution in [0, 0.1) is 5.82 Å². The number of amides is 1. The Morgan fingerprint density at radius 1 is 1.06 bits per heavy atom. The summed E-state index contributed by atoms with van der Waals surface area (Å²) >= 11 is 6.41. The number of morpholine rings is 1. The van der Waals surface area contributed by atoms with Gasteiger partial charge in [0.2, 0.25) is 5.91 Å². The quantitative estimate of drug-likeness (QED) is 0.480. The second-order valence-electron chi connectivity index (χ2n) is 8.09. The van der Waals surface area contributed by atoms with Crippen LogP contribution in [0.5, 0.6) is 0 Å². The molecule has 1 saturated heterocycles. The maximum absolute atomic E-state index is 15.2. The van der Waals surface area contributed by atoms with Gasteiger partial charge in [-0.3, -0.25) is 9.78 Å². The molecule has 0 radical (unpaired) electrons. The number of benzene rings is 2. The molecule has 4 aromatic rings. The van der Waals surface area contributed by atoms with Crippen LogP contribution in [0.15, 0.2) is 49.1 Å². The van der Waals surface area contributed by atoms with Crippen molar-refractivity contribution in [1.82, 2.24) is 19.9 Å². The van der Waals surface area contributed by atoms with Gasteiger partial charge in [0.1, 0.15) is 18.1 Å². The van der Waals surface area contributed by atoms with Crippen LogP contribution in [0.4, 0.5) is 15.9 Å². The lowest BCUT2D eigenvalue weighted by Gasteiger charge is -2.29. The van der Waals surface area contributed by atoms with E-state index in [0.29, 0.717) is 46.9 Å². The molecule has 1 unspecified atom stereocenters. The van der Waals surface area contributed by atoms with E-state index in [2.05, 4.69) is 30.2 Å². The lowest BCUT2D eigenvalue weighted by atomic mass is 9.93. The second kappa shape index (κ2) is 8.27. The van der Waals surface area contributed by atoms with E-state index in [1.54, 1.807) is 6.07 Å². The molecule has 1 fully saturated rings. The standard InChI is InChI=1S/C24H18ClFN6O2/c25-17-11-18(26)16(10-15(17)20-22-23(31-24(20)33)28-4-3-27-22)21-14-2-1-13(9-19(14)29-12-30-21)32-5-7-34-8-6-32/h1-4,9-12,20H,5-8H2,(H,28,31,33). The van der Waals surface area contributed by atoms with Crippen molar-refractivity contribution in [3.63, 3.8) is 0 Å². The van der Waals surface area contributed by atoms with Crippen LogP contribution in [0.3, 0.4) is 0 Å². The number of ether oxygens (including phenoxy) is 1. The summed E-state index contributed by atoms with van der Waals surface area (Å²) in [6.07, 6.45) is 4.42. The molecule has 0 saturated carbocycles. The molecule has 0 bridgehead atoms. The third-order valence-corrected chi connectivity index (χ3v) is 6.48. The molecular formula is C24H18ClFN6O2. The Balaban J connectivity index is 1.46. The smallest absolute Gasteiger partial charge is 0.239 e. The first-order valence-corrected chi connectivity index (χ1v) is 11.2. The highest BCUT2D eigenvalue weighted by molar-refractivity contribution is 6.32. The summed E-state index contributed by atoms with van der Waals surface area (Å²) in [5.41, 5.74) is 3.26. The number of rotatable bonds is 3. The number of aromatic nitrogens is 4. The predicted octanol–water partition coefficient (Wildman–Crippen LogP) is 3.80. The fourth-order valence-electron chi connectivity index (χ4n) is 4.50. The molecule has 2 aliphatic rings. The van der Waals surface area contributed by atoms with Gasteiger partial charge in [-0.25, -0.2) is 19.3 Å². The van der Waals surface area contributed by atoms with Crippen molar-refractivity contribution in [2.45, 2.75) is 5.92 Å². The first kappa shape index (κ1) is 20.9. The molecule has 34 heavy (non-hydrogen) atoms. The highest BCUT2D eigenvalue weighted by Crippen LogP contribution is 2.40. The fraction of sp³-hybridized carbons (Fsp3) is 0.208. The average molecular weight is 477 g/mol. The van der Waals surface area contributed by atoms with Crippen LogP contribution < -0.4 is 10.2 Å². The maximum atomic E-state index is 15.2. The Morgan fingerprint density at radius 2 is 1.88 bits per heavy atom. The molecule has 2 aliphatic heterocycles. The molecule has 2 aromatic heterocycles. The molecule has 8 nitrogen and oxygen atoms in total.